The van der Waals surface area contributed by atoms with Crippen molar-refractivity contribution in [1.82, 2.24) is 10.2 Å². The normalized spacial score (nSPS) is 35.6. The molecule has 0 aliphatic heterocycles. The fourth-order valence-electron chi connectivity index (χ4n) is 3.18. The van der Waals surface area contributed by atoms with Crippen LogP contribution in [0.1, 0.15) is 44.9 Å². The molecule has 2 aliphatic rings. The summed E-state index contributed by atoms with van der Waals surface area (Å²) in [5.74, 6) is 0. The van der Waals surface area contributed by atoms with Crippen LogP contribution in [0.2, 0.25) is 0 Å². The minimum absolute atomic E-state index is 0.713. The third-order valence-electron chi connectivity index (χ3n) is 4.43. The molecule has 2 nitrogen and oxygen atoms in total. The van der Waals surface area contributed by atoms with Gasteiger partial charge in [-0.3, -0.25) is 4.90 Å². The summed E-state index contributed by atoms with van der Waals surface area (Å²) >= 11 is 0. The van der Waals surface area contributed by atoms with E-state index >= 15 is 0 Å². The van der Waals surface area contributed by atoms with Crippen LogP contribution >= 0.6 is 0 Å². The summed E-state index contributed by atoms with van der Waals surface area (Å²) in [6.45, 7) is 0. The molecular formula is C14H26N2. The maximum absolute atomic E-state index is 3.41. The lowest BCUT2D eigenvalue weighted by atomic mass is 9.89. The average molecular weight is 222 g/mol. The van der Waals surface area contributed by atoms with Crippen LogP contribution in [-0.2, 0) is 0 Å². The topological polar surface area (TPSA) is 15.3 Å². The van der Waals surface area contributed by atoms with Crippen molar-refractivity contribution in [2.75, 3.05) is 14.1 Å². The van der Waals surface area contributed by atoms with Gasteiger partial charge in [-0.15, -0.1) is 0 Å². The molecule has 1 unspecified atom stereocenters. The van der Waals surface area contributed by atoms with Crippen LogP contribution in [0.4, 0.5) is 0 Å². The first-order valence-corrected chi connectivity index (χ1v) is 6.87. The summed E-state index contributed by atoms with van der Waals surface area (Å²) in [6.07, 6.45) is 14.2. The lowest BCUT2D eigenvalue weighted by Gasteiger charge is -2.39. The minimum atomic E-state index is 0.713. The highest BCUT2D eigenvalue weighted by molar-refractivity contribution is 4.99. The average Bonchev–Trinajstić information content (AvgIpc) is 2.39. The van der Waals surface area contributed by atoms with Gasteiger partial charge in [0.15, 0.2) is 0 Å². The second kappa shape index (κ2) is 5.83. The first-order valence-electron chi connectivity index (χ1n) is 6.87. The minimum Gasteiger partial charge on any atom is -0.317 e. The standard InChI is InChI=1S/C14H26N2/c1-15-12-8-10-14(11-9-12)16(2)13-6-4-3-5-7-13/h4,6,12-15H,3,5,7-11H2,1-2H3. The van der Waals surface area contributed by atoms with Gasteiger partial charge >= 0.3 is 0 Å². The van der Waals surface area contributed by atoms with E-state index in [0.717, 1.165) is 12.1 Å². The number of likely N-dealkylation sites (N-methyl/N-ethyl adjacent to an activating group) is 1. The number of hydrogen-bond donors (Lipinski definition) is 1. The van der Waals surface area contributed by atoms with Crippen molar-refractivity contribution in [1.29, 1.82) is 0 Å². The van der Waals surface area contributed by atoms with Crippen LogP contribution in [0, 0.1) is 0 Å². The zero-order chi connectivity index (χ0) is 11.4. The molecule has 16 heavy (non-hydrogen) atoms. The Hall–Kier alpha value is -0.340. The number of hydrogen-bond acceptors (Lipinski definition) is 2. The highest BCUT2D eigenvalue weighted by Gasteiger charge is 2.26. The third-order valence-corrected chi connectivity index (χ3v) is 4.43. The molecule has 1 saturated carbocycles. The fourth-order valence-corrected chi connectivity index (χ4v) is 3.18. The van der Waals surface area contributed by atoms with Gasteiger partial charge in [-0.25, -0.2) is 0 Å². The van der Waals surface area contributed by atoms with Crippen LogP contribution in [-0.4, -0.2) is 37.1 Å². The van der Waals surface area contributed by atoms with E-state index in [2.05, 4.69) is 36.5 Å². The zero-order valence-corrected chi connectivity index (χ0v) is 10.8. The molecule has 2 rings (SSSR count). The highest BCUT2D eigenvalue weighted by atomic mass is 15.2. The summed E-state index contributed by atoms with van der Waals surface area (Å²) in [4.78, 5) is 2.63. The number of nitrogens with zero attached hydrogens (tertiary/aromatic N) is 1. The molecule has 0 heterocycles. The van der Waals surface area contributed by atoms with Crippen LogP contribution in [0.3, 0.4) is 0 Å². The van der Waals surface area contributed by atoms with Gasteiger partial charge in [0.2, 0.25) is 0 Å². The molecule has 0 aromatic heterocycles. The molecule has 1 atom stereocenters. The van der Waals surface area contributed by atoms with E-state index < -0.39 is 0 Å². The van der Waals surface area contributed by atoms with E-state index in [4.69, 9.17) is 0 Å². The highest BCUT2D eigenvalue weighted by Crippen LogP contribution is 2.26. The van der Waals surface area contributed by atoms with E-state index in [0.29, 0.717) is 6.04 Å². The van der Waals surface area contributed by atoms with Gasteiger partial charge < -0.3 is 5.32 Å². The predicted molar refractivity (Wildman–Crippen MR) is 69.6 cm³/mol. The summed E-state index contributed by atoms with van der Waals surface area (Å²) < 4.78 is 0. The second-order valence-electron chi connectivity index (χ2n) is 5.39. The van der Waals surface area contributed by atoms with Gasteiger partial charge in [-0.2, -0.15) is 0 Å². The van der Waals surface area contributed by atoms with Gasteiger partial charge in [-0.1, -0.05) is 12.2 Å². The molecule has 2 aliphatic carbocycles. The Labute approximate surface area is 100 Å². The maximum Gasteiger partial charge on any atom is 0.0278 e. The van der Waals surface area contributed by atoms with Crippen LogP contribution in [0.15, 0.2) is 12.2 Å². The molecule has 0 aromatic rings. The van der Waals surface area contributed by atoms with Crippen molar-refractivity contribution >= 4 is 0 Å². The summed E-state index contributed by atoms with van der Waals surface area (Å²) in [7, 11) is 4.42. The molecule has 0 saturated heterocycles. The molecule has 0 spiro atoms. The molecule has 1 N–H and O–H groups in total. The Morgan fingerprint density at radius 2 is 1.88 bits per heavy atom. The van der Waals surface area contributed by atoms with Gasteiger partial charge in [0.05, 0.1) is 0 Å². The van der Waals surface area contributed by atoms with Crippen molar-refractivity contribution in [2.45, 2.75) is 63.1 Å². The van der Waals surface area contributed by atoms with Crippen molar-refractivity contribution in [3.63, 3.8) is 0 Å². The fraction of sp³-hybridized carbons (Fsp3) is 0.857. The molecule has 0 radical (unpaired) electrons. The van der Waals surface area contributed by atoms with Crippen molar-refractivity contribution in [3.05, 3.63) is 12.2 Å². The smallest absolute Gasteiger partial charge is 0.0278 e. The van der Waals surface area contributed by atoms with E-state index in [-0.39, 0.29) is 0 Å². The summed E-state index contributed by atoms with van der Waals surface area (Å²) in [5, 5.41) is 3.41. The second-order valence-corrected chi connectivity index (χ2v) is 5.39. The zero-order valence-electron chi connectivity index (χ0n) is 10.8. The van der Waals surface area contributed by atoms with Crippen molar-refractivity contribution in [3.8, 4) is 0 Å². The molecule has 0 bridgehead atoms. The van der Waals surface area contributed by atoms with E-state index in [1.807, 2.05) is 0 Å². The number of nitrogens with one attached hydrogen (secondary N) is 1. The number of rotatable bonds is 3. The lowest BCUT2D eigenvalue weighted by molar-refractivity contribution is 0.140. The summed E-state index contributed by atoms with van der Waals surface area (Å²) in [6, 6.07) is 2.30. The largest absolute Gasteiger partial charge is 0.317 e. The Kier molecular flexibility index (Phi) is 4.42. The Morgan fingerprint density at radius 3 is 2.44 bits per heavy atom. The molecule has 2 heteroatoms. The maximum atomic E-state index is 3.41. The monoisotopic (exact) mass is 222 g/mol. The first-order chi connectivity index (χ1) is 7.81. The van der Waals surface area contributed by atoms with Crippen LogP contribution in [0.5, 0.6) is 0 Å². The van der Waals surface area contributed by atoms with Gasteiger partial charge in [0, 0.05) is 18.1 Å². The van der Waals surface area contributed by atoms with Gasteiger partial charge in [0.25, 0.3) is 0 Å². The molecular weight excluding hydrogens is 196 g/mol. The summed E-state index contributed by atoms with van der Waals surface area (Å²) in [5.41, 5.74) is 0. The Morgan fingerprint density at radius 1 is 1.12 bits per heavy atom. The SMILES string of the molecule is CNC1CCC(N(C)C2C=CCCC2)CC1. The third kappa shape index (κ3) is 2.86. The van der Waals surface area contributed by atoms with Gasteiger partial charge in [0.1, 0.15) is 0 Å². The number of allylic oxidation sites excluding steroid dienone is 1. The first kappa shape index (κ1) is 12.1. The van der Waals surface area contributed by atoms with Crippen molar-refractivity contribution < 1.29 is 0 Å². The van der Waals surface area contributed by atoms with Crippen LogP contribution < -0.4 is 5.32 Å². The van der Waals surface area contributed by atoms with E-state index in [1.165, 1.54) is 44.9 Å². The molecule has 1 fully saturated rings. The molecule has 92 valence electrons. The predicted octanol–water partition coefficient (Wildman–Crippen LogP) is 2.56. The Balaban J connectivity index is 1.83. The van der Waals surface area contributed by atoms with Crippen molar-refractivity contribution in [2.24, 2.45) is 0 Å². The Bertz CT molecular complexity index is 229. The quantitative estimate of drug-likeness (QED) is 0.738. The molecule has 0 aromatic carbocycles. The lowest BCUT2D eigenvalue weighted by Crippen LogP contribution is -2.44. The van der Waals surface area contributed by atoms with E-state index in [1.54, 1.807) is 0 Å². The molecule has 0 amide bonds. The van der Waals surface area contributed by atoms with Gasteiger partial charge in [-0.05, 0) is 59.0 Å². The van der Waals surface area contributed by atoms with E-state index in [9.17, 15) is 0 Å². The van der Waals surface area contributed by atoms with Crippen LogP contribution in [0.25, 0.3) is 0 Å².